The van der Waals surface area contributed by atoms with Crippen molar-refractivity contribution in [3.8, 4) is 0 Å². The van der Waals surface area contributed by atoms with Crippen LogP contribution in [0.5, 0.6) is 0 Å². The lowest BCUT2D eigenvalue weighted by molar-refractivity contribution is -0.384. The molecule has 1 saturated heterocycles. The van der Waals surface area contributed by atoms with E-state index in [1.165, 1.54) is 6.07 Å². The monoisotopic (exact) mass is 384 g/mol. The molecule has 8 heteroatoms. The van der Waals surface area contributed by atoms with Crippen molar-refractivity contribution >= 4 is 17.3 Å². The number of likely N-dealkylation sites (tertiary alicyclic amines) is 1. The number of benzene rings is 1. The number of nitrogens with zero attached hydrogens (tertiary/aromatic N) is 2. The molecule has 1 aromatic heterocycles. The highest BCUT2D eigenvalue weighted by atomic mass is 16.6. The van der Waals surface area contributed by atoms with Crippen LogP contribution in [0.15, 0.2) is 41.0 Å². The summed E-state index contributed by atoms with van der Waals surface area (Å²) in [6.45, 7) is 2.32. The first-order valence-electron chi connectivity index (χ1n) is 9.72. The van der Waals surface area contributed by atoms with Gasteiger partial charge in [-0.15, -0.1) is 0 Å². The number of hydrogen-bond donors (Lipinski definition) is 2. The highest BCUT2D eigenvalue weighted by Crippen LogP contribution is 2.31. The molecule has 2 aromatic rings. The smallest absolute Gasteiger partial charge is 0.293 e. The van der Waals surface area contributed by atoms with E-state index in [1.54, 1.807) is 18.4 Å². The number of hydrogen-bond acceptors (Lipinski definition) is 6. The lowest BCUT2D eigenvalue weighted by Crippen LogP contribution is -2.36. The minimum Gasteiger partial charge on any atom is -0.468 e. The third-order valence-electron chi connectivity index (χ3n) is 5.30. The Bertz CT molecular complexity index is 842. The molecule has 1 saturated carbocycles. The Balaban J connectivity index is 1.46. The second-order valence-corrected chi connectivity index (χ2v) is 7.39. The Kier molecular flexibility index (Phi) is 5.29. The van der Waals surface area contributed by atoms with E-state index in [0.29, 0.717) is 18.3 Å². The average molecular weight is 384 g/mol. The van der Waals surface area contributed by atoms with Crippen LogP contribution in [0.1, 0.15) is 47.8 Å². The molecule has 0 bridgehead atoms. The van der Waals surface area contributed by atoms with E-state index in [2.05, 4.69) is 15.5 Å². The third-order valence-corrected chi connectivity index (χ3v) is 5.30. The first-order valence-corrected chi connectivity index (χ1v) is 9.72. The maximum atomic E-state index is 12.7. The van der Waals surface area contributed by atoms with Crippen LogP contribution in [0, 0.1) is 10.1 Å². The standard InChI is InChI=1S/C20H24N4O4/c25-20(14-5-8-16(22-15-6-7-15)17(12-14)24(26)27)21-13-18(19-4-3-11-28-19)23-9-1-2-10-23/h3-5,8,11-12,15,18,22H,1-2,6-7,9-10,13H2,(H,21,25)/t18-/m1/s1. The fraction of sp³-hybridized carbons (Fsp3) is 0.450. The van der Waals surface area contributed by atoms with Crippen LogP contribution >= 0.6 is 0 Å². The zero-order chi connectivity index (χ0) is 19.5. The summed E-state index contributed by atoms with van der Waals surface area (Å²) in [4.78, 5) is 25.9. The fourth-order valence-corrected chi connectivity index (χ4v) is 3.63. The van der Waals surface area contributed by atoms with Gasteiger partial charge >= 0.3 is 0 Å². The largest absolute Gasteiger partial charge is 0.468 e. The van der Waals surface area contributed by atoms with E-state index >= 15 is 0 Å². The zero-order valence-electron chi connectivity index (χ0n) is 15.6. The number of amides is 1. The first kappa shape index (κ1) is 18.5. The fourth-order valence-electron chi connectivity index (χ4n) is 3.63. The summed E-state index contributed by atoms with van der Waals surface area (Å²) in [6.07, 6.45) is 5.93. The summed E-state index contributed by atoms with van der Waals surface area (Å²) < 4.78 is 5.56. The van der Waals surface area contributed by atoms with Crippen LogP contribution < -0.4 is 10.6 Å². The molecule has 148 valence electrons. The SMILES string of the molecule is O=C(NC[C@H](c1ccco1)N1CCCC1)c1ccc(NC2CC2)c([N+](=O)[O-])c1. The molecule has 0 unspecified atom stereocenters. The predicted molar refractivity (Wildman–Crippen MR) is 104 cm³/mol. The summed E-state index contributed by atoms with van der Waals surface area (Å²) in [5.74, 6) is 0.494. The minimum absolute atomic E-state index is 0.0350. The molecule has 2 heterocycles. The molecule has 0 radical (unpaired) electrons. The molecule has 1 aromatic carbocycles. The van der Waals surface area contributed by atoms with E-state index in [0.717, 1.165) is 44.5 Å². The molecule has 1 aliphatic carbocycles. The van der Waals surface area contributed by atoms with Crippen LogP contribution in [-0.4, -0.2) is 41.4 Å². The van der Waals surface area contributed by atoms with Gasteiger partial charge in [-0.1, -0.05) is 0 Å². The molecule has 1 atom stereocenters. The highest BCUT2D eigenvalue weighted by Gasteiger charge is 2.28. The van der Waals surface area contributed by atoms with Crippen molar-refractivity contribution in [1.29, 1.82) is 0 Å². The molecule has 2 fully saturated rings. The quantitative estimate of drug-likeness (QED) is 0.535. The summed E-state index contributed by atoms with van der Waals surface area (Å²) in [6, 6.07) is 8.62. The molecule has 8 nitrogen and oxygen atoms in total. The molecule has 4 rings (SSSR count). The number of nitro benzene ring substituents is 1. The number of anilines is 1. The number of furan rings is 1. The van der Waals surface area contributed by atoms with Gasteiger partial charge in [0, 0.05) is 24.2 Å². The van der Waals surface area contributed by atoms with Gasteiger partial charge in [-0.05, 0) is 63.0 Å². The number of nitrogens with one attached hydrogen (secondary N) is 2. The van der Waals surface area contributed by atoms with Gasteiger partial charge in [-0.3, -0.25) is 19.8 Å². The van der Waals surface area contributed by atoms with E-state index in [9.17, 15) is 14.9 Å². The van der Waals surface area contributed by atoms with Gasteiger partial charge in [-0.2, -0.15) is 0 Å². The lowest BCUT2D eigenvalue weighted by Gasteiger charge is -2.26. The van der Waals surface area contributed by atoms with Crippen molar-refractivity contribution in [1.82, 2.24) is 10.2 Å². The van der Waals surface area contributed by atoms with Gasteiger partial charge in [-0.25, -0.2) is 0 Å². The Hall–Kier alpha value is -2.87. The van der Waals surface area contributed by atoms with Crippen molar-refractivity contribution in [2.24, 2.45) is 0 Å². The number of carbonyl (C=O) groups is 1. The Labute approximate surface area is 163 Å². The normalized spacial score (nSPS) is 18.0. The molecule has 1 aliphatic heterocycles. The maximum absolute atomic E-state index is 12.7. The van der Waals surface area contributed by atoms with Crippen molar-refractivity contribution in [2.75, 3.05) is 25.0 Å². The van der Waals surface area contributed by atoms with E-state index in [-0.39, 0.29) is 23.2 Å². The minimum atomic E-state index is -0.447. The van der Waals surface area contributed by atoms with Crippen molar-refractivity contribution in [2.45, 2.75) is 37.8 Å². The van der Waals surface area contributed by atoms with E-state index < -0.39 is 4.92 Å². The van der Waals surface area contributed by atoms with Gasteiger partial charge in [0.15, 0.2) is 0 Å². The number of carbonyl (C=O) groups excluding carboxylic acids is 1. The topological polar surface area (TPSA) is 101 Å². The van der Waals surface area contributed by atoms with Crippen LogP contribution in [-0.2, 0) is 0 Å². The lowest BCUT2D eigenvalue weighted by atomic mass is 10.1. The predicted octanol–water partition coefficient (Wildman–Crippen LogP) is 3.33. The Morgan fingerprint density at radius 1 is 1.29 bits per heavy atom. The highest BCUT2D eigenvalue weighted by molar-refractivity contribution is 5.95. The Morgan fingerprint density at radius 2 is 2.07 bits per heavy atom. The Morgan fingerprint density at radius 3 is 2.71 bits per heavy atom. The maximum Gasteiger partial charge on any atom is 0.293 e. The molecule has 2 aliphatic rings. The number of nitro groups is 1. The molecular weight excluding hydrogens is 360 g/mol. The zero-order valence-corrected chi connectivity index (χ0v) is 15.6. The average Bonchev–Trinajstić information content (AvgIpc) is 3.14. The van der Waals surface area contributed by atoms with Crippen molar-refractivity contribution in [3.63, 3.8) is 0 Å². The van der Waals surface area contributed by atoms with Crippen LogP contribution in [0.4, 0.5) is 11.4 Å². The van der Waals surface area contributed by atoms with Gasteiger partial charge in [0.2, 0.25) is 0 Å². The summed E-state index contributed by atoms with van der Waals surface area (Å²) >= 11 is 0. The van der Waals surface area contributed by atoms with Crippen molar-refractivity contribution in [3.05, 3.63) is 58.0 Å². The second kappa shape index (κ2) is 8.02. The van der Waals surface area contributed by atoms with Gasteiger partial charge in [0.1, 0.15) is 11.4 Å². The summed E-state index contributed by atoms with van der Waals surface area (Å²) in [5.41, 5.74) is 0.684. The van der Waals surface area contributed by atoms with E-state index in [4.69, 9.17) is 4.42 Å². The summed E-state index contributed by atoms with van der Waals surface area (Å²) in [7, 11) is 0. The third kappa shape index (κ3) is 4.17. The molecular formula is C20H24N4O4. The van der Waals surface area contributed by atoms with E-state index in [1.807, 2.05) is 12.1 Å². The molecule has 28 heavy (non-hydrogen) atoms. The summed E-state index contributed by atoms with van der Waals surface area (Å²) in [5, 5.41) is 17.5. The van der Waals surface area contributed by atoms with Crippen molar-refractivity contribution < 1.29 is 14.1 Å². The molecule has 2 N–H and O–H groups in total. The van der Waals surface area contributed by atoms with Gasteiger partial charge in [0.05, 0.1) is 17.2 Å². The second-order valence-electron chi connectivity index (χ2n) is 7.39. The molecule has 1 amide bonds. The van der Waals surface area contributed by atoms with Crippen LogP contribution in [0.3, 0.4) is 0 Å². The van der Waals surface area contributed by atoms with Crippen LogP contribution in [0.25, 0.3) is 0 Å². The number of rotatable bonds is 8. The first-order chi connectivity index (χ1) is 13.6. The van der Waals surface area contributed by atoms with Crippen LogP contribution in [0.2, 0.25) is 0 Å². The van der Waals surface area contributed by atoms with Gasteiger partial charge < -0.3 is 15.1 Å². The van der Waals surface area contributed by atoms with Gasteiger partial charge in [0.25, 0.3) is 11.6 Å². The molecule has 0 spiro atoms.